The maximum absolute atomic E-state index is 7.19. The number of nitrogens with zero attached hydrogens (tertiary/aromatic N) is 1. The van der Waals surface area contributed by atoms with Gasteiger partial charge in [-0.25, -0.2) is 4.98 Å². The van der Waals surface area contributed by atoms with Crippen molar-refractivity contribution >= 4 is 0 Å². The van der Waals surface area contributed by atoms with E-state index >= 15 is 0 Å². The molecule has 1 aromatic heterocycles. The molecule has 2 heteroatoms. The van der Waals surface area contributed by atoms with Gasteiger partial charge >= 0.3 is 0 Å². The highest BCUT2D eigenvalue weighted by Gasteiger charge is 2.53. The Balaban J connectivity index is 1.19. The van der Waals surface area contributed by atoms with Gasteiger partial charge in [0.15, 0.2) is 0 Å². The first kappa shape index (κ1) is 30.1. The predicted octanol–water partition coefficient (Wildman–Crippen LogP) is 12.9. The van der Waals surface area contributed by atoms with Crippen LogP contribution < -0.4 is 4.74 Å². The summed E-state index contributed by atoms with van der Waals surface area (Å²) in [5, 5.41) is 0. The van der Waals surface area contributed by atoms with Gasteiger partial charge in [-0.15, -0.1) is 0 Å². The van der Waals surface area contributed by atoms with Crippen LogP contribution in [0.4, 0.5) is 0 Å². The van der Waals surface area contributed by atoms with Crippen molar-refractivity contribution in [2.75, 3.05) is 0 Å². The molecule has 0 fully saturated rings. The summed E-state index contributed by atoms with van der Waals surface area (Å²) < 4.78 is 7.19. The van der Waals surface area contributed by atoms with Gasteiger partial charge in [-0.1, -0.05) is 172 Å². The molecule has 0 saturated heterocycles. The van der Waals surface area contributed by atoms with Crippen molar-refractivity contribution < 1.29 is 4.74 Å². The molecule has 53 heavy (non-hydrogen) atoms. The zero-order valence-corrected chi connectivity index (χ0v) is 29.6. The van der Waals surface area contributed by atoms with Crippen molar-refractivity contribution in [1.29, 1.82) is 0 Å². The Morgan fingerprint density at radius 3 is 1.70 bits per heavy atom. The highest BCUT2D eigenvalue weighted by Crippen LogP contribution is 2.66. The molecule has 2 nitrogen and oxygen atoms in total. The topological polar surface area (TPSA) is 22.1 Å². The van der Waals surface area contributed by atoms with Crippen LogP contribution in [0.1, 0.15) is 47.2 Å². The van der Waals surface area contributed by atoms with Crippen molar-refractivity contribution in [3.05, 3.63) is 209 Å². The fourth-order valence-corrected chi connectivity index (χ4v) is 9.68. The Labute approximate surface area is 310 Å². The number of hydrogen-bond donors (Lipinski definition) is 0. The molecule has 1 aliphatic heterocycles. The van der Waals surface area contributed by atoms with Crippen LogP contribution in [0.5, 0.6) is 11.5 Å². The number of ether oxygens (including phenoxy) is 1. The second-order valence-electron chi connectivity index (χ2n) is 15.0. The summed E-state index contributed by atoms with van der Waals surface area (Å²) in [4.78, 5) is 5.39. The second kappa shape index (κ2) is 11.0. The van der Waals surface area contributed by atoms with Crippen LogP contribution in [-0.4, -0.2) is 4.98 Å². The van der Waals surface area contributed by atoms with Gasteiger partial charge < -0.3 is 4.74 Å². The molecule has 11 rings (SSSR count). The van der Waals surface area contributed by atoms with E-state index < -0.39 is 5.41 Å². The van der Waals surface area contributed by atoms with Crippen molar-refractivity contribution in [3.8, 4) is 67.4 Å². The Morgan fingerprint density at radius 2 is 0.981 bits per heavy atom. The lowest BCUT2D eigenvalue weighted by molar-refractivity contribution is 0.422. The third kappa shape index (κ3) is 4.06. The quantitative estimate of drug-likeness (QED) is 0.186. The van der Waals surface area contributed by atoms with Gasteiger partial charge in [0.2, 0.25) is 0 Å². The molecule has 0 radical (unpaired) electrons. The fraction of sp³-hybridized carbons (Fsp3) is 0.0784. The molecule has 2 heterocycles. The molecule has 7 aromatic carbocycles. The number of aromatic nitrogens is 1. The maximum atomic E-state index is 7.19. The fourth-order valence-electron chi connectivity index (χ4n) is 9.68. The molecule has 0 atom stereocenters. The van der Waals surface area contributed by atoms with E-state index in [4.69, 9.17) is 9.72 Å². The molecule has 0 unspecified atom stereocenters. The molecule has 2 aliphatic carbocycles. The average Bonchev–Trinajstić information content (AvgIpc) is 3.64. The molecule has 1 spiro atoms. The normalized spacial score (nSPS) is 14.7. The highest BCUT2D eigenvalue weighted by atomic mass is 16.5. The van der Waals surface area contributed by atoms with Crippen LogP contribution in [0.2, 0.25) is 0 Å². The lowest BCUT2D eigenvalue weighted by Crippen LogP contribution is -2.33. The van der Waals surface area contributed by atoms with Gasteiger partial charge in [-0.2, -0.15) is 0 Å². The molecule has 3 aliphatic rings. The van der Waals surface area contributed by atoms with Crippen LogP contribution in [0, 0.1) is 0 Å². The van der Waals surface area contributed by atoms with Gasteiger partial charge in [-0.05, 0) is 68.3 Å². The monoisotopic (exact) mass is 677 g/mol. The van der Waals surface area contributed by atoms with Crippen molar-refractivity contribution in [2.24, 2.45) is 0 Å². The zero-order chi connectivity index (χ0) is 35.3. The SMILES string of the molecule is CC1(C)c2cccc(-c3cc(-c4ccccc4)cc(-c4ccccc4)n3)c2-c2ccc3c(c21)Oc1ccccc1C31c2ccccc2-c2ccccc21. The predicted molar refractivity (Wildman–Crippen MR) is 215 cm³/mol. The number of pyridine rings is 1. The first-order chi connectivity index (χ1) is 26.0. The summed E-state index contributed by atoms with van der Waals surface area (Å²) in [7, 11) is 0. The van der Waals surface area contributed by atoms with Gasteiger partial charge in [0.1, 0.15) is 11.5 Å². The molecule has 0 N–H and O–H groups in total. The lowest BCUT2D eigenvalue weighted by Gasteiger charge is -2.41. The number of fused-ring (bicyclic) bond motifs is 13. The number of rotatable bonds is 3. The third-order valence-corrected chi connectivity index (χ3v) is 11.9. The van der Waals surface area contributed by atoms with E-state index in [1.54, 1.807) is 0 Å². The van der Waals surface area contributed by atoms with Crippen LogP contribution in [0.3, 0.4) is 0 Å². The molecule has 250 valence electrons. The first-order valence-corrected chi connectivity index (χ1v) is 18.5. The smallest absolute Gasteiger partial charge is 0.136 e. The third-order valence-electron chi connectivity index (χ3n) is 11.9. The van der Waals surface area contributed by atoms with Crippen LogP contribution in [0.15, 0.2) is 176 Å². The zero-order valence-electron chi connectivity index (χ0n) is 29.6. The van der Waals surface area contributed by atoms with Gasteiger partial charge in [0, 0.05) is 33.2 Å². The van der Waals surface area contributed by atoms with E-state index in [1.807, 2.05) is 0 Å². The van der Waals surface area contributed by atoms with Crippen molar-refractivity contribution in [2.45, 2.75) is 24.7 Å². The van der Waals surface area contributed by atoms with E-state index in [-0.39, 0.29) is 5.41 Å². The Morgan fingerprint density at radius 1 is 0.415 bits per heavy atom. The van der Waals surface area contributed by atoms with Gasteiger partial charge in [0.05, 0.1) is 16.8 Å². The van der Waals surface area contributed by atoms with Crippen LogP contribution >= 0.6 is 0 Å². The van der Waals surface area contributed by atoms with Crippen LogP contribution in [-0.2, 0) is 10.8 Å². The number of hydrogen-bond acceptors (Lipinski definition) is 2. The van der Waals surface area contributed by atoms with Crippen molar-refractivity contribution in [3.63, 3.8) is 0 Å². The van der Waals surface area contributed by atoms with E-state index in [2.05, 4.69) is 190 Å². The Kier molecular flexibility index (Phi) is 6.25. The summed E-state index contributed by atoms with van der Waals surface area (Å²) in [5.74, 6) is 1.88. The minimum Gasteiger partial charge on any atom is -0.456 e. The highest BCUT2D eigenvalue weighted by molar-refractivity contribution is 5.96. The summed E-state index contributed by atoms with van der Waals surface area (Å²) >= 11 is 0. The number of benzene rings is 7. The minimum atomic E-state index is -0.504. The lowest BCUT2D eigenvalue weighted by atomic mass is 9.65. The number of para-hydroxylation sites is 1. The van der Waals surface area contributed by atoms with E-state index in [0.717, 1.165) is 39.6 Å². The van der Waals surface area contributed by atoms with Crippen molar-refractivity contribution in [1.82, 2.24) is 4.98 Å². The maximum Gasteiger partial charge on any atom is 0.136 e. The summed E-state index contributed by atoms with van der Waals surface area (Å²) in [6.07, 6.45) is 0. The molecule has 0 saturated carbocycles. The molecule has 8 aromatic rings. The summed E-state index contributed by atoms with van der Waals surface area (Å²) in [6.45, 7) is 4.72. The van der Waals surface area contributed by atoms with Gasteiger partial charge in [-0.3, -0.25) is 0 Å². The summed E-state index contributed by atoms with van der Waals surface area (Å²) in [5.41, 5.74) is 18.2. The summed E-state index contributed by atoms with van der Waals surface area (Å²) in [6, 6.07) is 63.6. The van der Waals surface area contributed by atoms with Crippen LogP contribution in [0.25, 0.3) is 55.9 Å². The minimum absolute atomic E-state index is 0.337. The Hall–Kier alpha value is -6.51. The molecule has 0 bridgehead atoms. The van der Waals surface area contributed by atoms with E-state index in [9.17, 15) is 0 Å². The standard InChI is InChI=1S/C51H35NO/c1-50(2)42-26-15-22-37(45-31-34(32-16-5-3-6-17-32)30-44(52-45)33-18-7-4-8-19-33)47(42)38-28-29-43-49(48(38)50)53-46-27-14-13-25-41(46)51(43)39-23-11-9-20-35(39)36-21-10-12-24-40(36)51/h3-31H,1-2H3. The van der Waals surface area contributed by atoms with E-state index in [1.165, 1.54) is 61.2 Å². The largest absolute Gasteiger partial charge is 0.456 e. The molecule has 0 amide bonds. The first-order valence-electron chi connectivity index (χ1n) is 18.5. The molecular weight excluding hydrogens is 643 g/mol. The average molecular weight is 678 g/mol. The second-order valence-corrected chi connectivity index (χ2v) is 15.0. The van der Waals surface area contributed by atoms with E-state index in [0.29, 0.717) is 0 Å². The molecular formula is C51H35NO. The Bertz CT molecular complexity index is 2670. The van der Waals surface area contributed by atoms with Gasteiger partial charge in [0.25, 0.3) is 0 Å².